The smallest absolute Gasteiger partial charge is 0.429 e. The molecule has 6 nitrogen and oxygen atoms in total. The van der Waals surface area contributed by atoms with Crippen LogP contribution in [0.15, 0.2) is 43.0 Å². The molecule has 1 aromatic rings. The molecule has 1 aromatic carbocycles. The maximum Gasteiger partial charge on any atom is 0.429 e. The van der Waals surface area contributed by atoms with E-state index < -0.39 is 12.2 Å². The zero-order valence-electron chi connectivity index (χ0n) is 14.9. The Kier molecular flexibility index (Phi) is 6.86. The average molecular weight is 346 g/mol. The van der Waals surface area contributed by atoms with Gasteiger partial charge in [-0.25, -0.2) is 19.6 Å². The van der Waals surface area contributed by atoms with Crippen LogP contribution in [0, 0.1) is 5.92 Å². The van der Waals surface area contributed by atoms with Crippen molar-refractivity contribution in [3.8, 4) is 0 Å². The molecule has 0 saturated carbocycles. The van der Waals surface area contributed by atoms with Crippen molar-refractivity contribution in [3.05, 3.63) is 48.6 Å². The van der Waals surface area contributed by atoms with Crippen LogP contribution in [0.25, 0.3) is 0 Å². The van der Waals surface area contributed by atoms with Gasteiger partial charge in [-0.2, -0.15) is 0 Å². The molecule has 6 heteroatoms. The van der Waals surface area contributed by atoms with Gasteiger partial charge in [0, 0.05) is 5.92 Å². The molecular formula is C19H26N2O4. The third-order valence-corrected chi connectivity index (χ3v) is 4.26. The highest BCUT2D eigenvalue weighted by Gasteiger charge is 2.45. The van der Waals surface area contributed by atoms with Crippen molar-refractivity contribution in [2.24, 2.45) is 5.92 Å². The largest absolute Gasteiger partial charge is 0.448 e. The van der Waals surface area contributed by atoms with Crippen molar-refractivity contribution in [2.75, 3.05) is 19.8 Å². The summed E-state index contributed by atoms with van der Waals surface area (Å²) in [6.07, 6.45) is 2.22. The van der Waals surface area contributed by atoms with E-state index in [1.54, 1.807) is 19.9 Å². The van der Waals surface area contributed by atoms with Gasteiger partial charge in [0.2, 0.25) is 0 Å². The lowest BCUT2D eigenvalue weighted by Gasteiger charge is -2.30. The first-order valence-electron chi connectivity index (χ1n) is 8.69. The van der Waals surface area contributed by atoms with E-state index >= 15 is 0 Å². The number of hydrogen-bond donors (Lipinski definition) is 0. The van der Waals surface area contributed by atoms with E-state index in [2.05, 4.69) is 18.7 Å². The number of carbonyl (C=O) groups is 2. The summed E-state index contributed by atoms with van der Waals surface area (Å²) in [6, 6.07) is 9.86. The van der Waals surface area contributed by atoms with Gasteiger partial charge in [0.05, 0.1) is 25.8 Å². The van der Waals surface area contributed by atoms with Crippen LogP contribution in [-0.4, -0.2) is 48.0 Å². The highest BCUT2D eigenvalue weighted by Crippen LogP contribution is 2.30. The summed E-state index contributed by atoms with van der Waals surface area (Å²) >= 11 is 0. The predicted octanol–water partition coefficient (Wildman–Crippen LogP) is 3.64. The van der Waals surface area contributed by atoms with Crippen molar-refractivity contribution in [3.63, 3.8) is 0 Å². The standard InChI is InChI=1S/C19H26N2O4/c1-4-16-14-20(18(22)24-5-2)21(19(23)25-6-3)17(16)13-12-15-10-8-7-9-11-15/h4,7-11,16-17H,1,5-6,12-14H2,2-3H3. The number of benzene rings is 1. The molecule has 0 spiro atoms. The lowest BCUT2D eigenvalue weighted by atomic mass is 9.95. The minimum absolute atomic E-state index is 0.0301. The van der Waals surface area contributed by atoms with Gasteiger partial charge in [-0.15, -0.1) is 6.58 Å². The van der Waals surface area contributed by atoms with Gasteiger partial charge in [0.15, 0.2) is 0 Å². The van der Waals surface area contributed by atoms with E-state index in [4.69, 9.17) is 9.47 Å². The molecule has 25 heavy (non-hydrogen) atoms. The van der Waals surface area contributed by atoms with Crippen LogP contribution < -0.4 is 0 Å². The minimum Gasteiger partial charge on any atom is -0.448 e. The third-order valence-electron chi connectivity index (χ3n) is 4.26. The Morgan fingerprint density at radius 2 is 1.80 bits per heavy atom. The molecule has 2 atom stereocenters. The Hall–Kier alpha value is -2.50. The highest BCUT2D eigenvalue weighted by molar-refractivity contribution is 5.75. The molecule has 0 bridgehead atoms. The summed E-state index contributed by atoms with van der Waals surface area (Å²) < 4.78 is 10.3. The molecule has 1 saturated heterocycles. The number of amides is 2. The molecule has 2 unspecified atom stereocenters. The van der Waals surface area contributed by atoms with Crippen LogP contribution in [0.5, 0.6) is 0 Å². The molecule has 0 radical (unpaired) electrons. The molecule has 0 N–H and O–H groups in total. The third kappa shape index (κ3) is 4.53. The van der Waals surface area contributed by atoms with Crippen LogP contribution in [-0.2, 0) is 15.9 Å². The summed E-state index contributed by atoms with van der Waals surface area (Å²) in [7, 11) is 0. The Bertz CT molecular complexity index is 590. The van der Waals surface area contributed by atoms with E-state index in [1.165, 1.54) is 15.6 Å². The number of rotatable bonds is 6. The number of ether oxygens (including phenoxy) is 2. The summed E-state index contributed by atoms with van der Waals surface area (Å²) in [5.74, 6) is -0.0301. The predicted molar refractivity (Wildman–Crippen MR) is 94.8 cm³/mol. The van der Waals surface area contributed by atoms with Crippen molar-refractivity contribution < 1.29 is 19.1 Å². The molecule has 1 heterocycles. The Morgan fingerprint density at radius 1 is 1.16 bits per heavy atom. The van der Waals surface area contributed by atoms with E-state index in [1.807, 2.05) is 18.2 Å². The molecule has 0 aromatic heterocycles. The summed E-state index contributed by atoms with van der Waals surface area (Å²) in [4.78, 5) is 24.7. The van der Waals surface area contributed by atoms with Gasteiger partial charge in [-0.1, -0.05) is 36.4 Å². The van der Waals surface area contributed by atoms with E-state index in [9.17, 15) is 9.59 Å². The molecule has 0 aliphatic carbocycles. The topological polar surface area (TPSA) is 59.1 Å². The van der Waals surface area contributed by atoms with Gasteiger partial charge >= 0.3 is 12.2 Å². The number of aryl methyl sites for hydroxylation is 1. The molecular weight excluding hydrogens is 320 g/mol. The van der Waals surface area contributed by atoms with Crippen LogP contribution >= 0.6 is 0 Å². The quantitative estimate of drug-likeness (QED) is 0.738. The van der Waals surface area contributed by atoms with Crippen LogP contribution in [0.1, 0.15) is 25.8 Å². The number of hydrogen-bond acceptors (Lipinski definition) is 4. The molecule has 1 aliphatic heterocycles. The number of nitrogens with zero attached hydrogens (tertiary/aromatic N) is 2. The summed E-state index contributed by atoms with van der Waals surface area (Å²) in [5, 5.41) is 2.74. The van der Waals surface area contributed by atoms with E-state index in [-0.39, 0.29) is 25.2 Å². The monoisotopic (exact) mass is 346 g/mol. The fraction of sp³-hybridized carbons (Fsp3) is 0.474. The second kappa shape index (κ2) is 9.11. The molecule has 1 fully saturated rings. The van der Waals surface area contributed by atoms with Crippen LogP contribution in [0.4, 0.5) is 9.59 Å². The van der Waals surface area contributed by atoms with Gasteiger partial charge in [0.25, 0.3) is 0 Å². The highest BCUT2D eigenvalue weighted by atomic mass is 16.6. The van der Waals surface area contributed by atoms with Crippen LogP contribution in [0.3, 0.4) is 0 Å². The lowest BCUT2D eigenvalue weighted by molar-refractivity contribution is -0.00843. The summed E-state index contributed by atoms with van der Waals surface area (Å²) in [5.41, 5.74) is 1.18. The van der Waals surface area contributed by atoms with Crippen LogP contribution in [0.2, 0.25) is 0 Å². The minimum atomic E-state index is -0.537. The fourth-order valence-electron chi connectivity index (χ4n) is 3.08. The summed E-state index contributed by atoms with van der Waals surface area (Å²) in [6.45, 7) is 8.21. The van der Waals surface area contributed by atoms with Gasteiger partial charge in [0.1, 0.15) is 0 Å². The maximum atomic E-state index is 12.5. The van der Waals surface area contributed by atoms with Gasteiger partial charge in [-0.05, 0) is 32.3 Å². The fourth-order valence-corrected chi connectivity index (χ4v) is 3.08. The van der Waals surface area contributed by atoms with Crippen molar-refractivity contribution in [1.29, 1.82) is 0 Å². The van der Waals surface area contributed by atoms with Crippen molar-refractivity contribution in [1.82, 2.24) is 10.0 Å². The molecule has 1 aliphatic rings. The Labute approximate surface area is 149 Å². The first-order valence-corrected chi connectivity index (χ1v) is 8.69. The van der Waals surface area contributed by atoms with E-state index in [0.717, 1.165) is 6.42 Å². The first kappa shape index (κ1) is 18.8. The number of hydrazine groups is 1. The van der Waals surface area contributed by atoms with Gasteiger partial charge < -0.3 is 9.47 Å². The normalized spacial score (nSPS) is 19.6. The molecule has 2 amide bonds. The van der Waals surface area contributed by atoms with Crippen molar-refractivity contribution >= 4 is 12.2 Å². The second-order valence-corrected chi connectivity index (χ2v) is 5.82. The lowest BCUT2D eigenvalue weighted by Crippen LogP contribution is -2.49. The van der Waals surface area contributed by atoms with E-state index in [0.29, 0.717) is 13.0 Å². The average Bonchev–Trinajstić information content (AvgIpc) is 3.00. The maximum absolute atomic E-state index is 12.5. The number of carbonyl (C=O) groups excluding carboxylic acids is 2. The van der Waals surface area contributed by atoms with Crippen molar-refractivity contribution in [2.45, 2.75) is 32.7 Å². The van der Waals surface area contributed by atoms with Gasteiger partial charge in [-0.3, -0.25) is 0 Å². The molecule has 2 rings (SSSR count). The zero-order chi connectivity index (χ0) is 18.2. The zero-order valence-corrected chi connectivity index (χ0v) is 14.9. The Balaban J connectivity index is 2.20. The second-order valence-electron chi connectivity index (χ2n) is 5.82. The Morgan fingerprint density at radius 3 is 2.40 bits per heavy atom. The molecule has 136 valence electrons. The first-order chi connectivity index (χ1) is 12.1. The SMILES string of the molecule is C=CC1CN(C(=O)OCC)N(C(=O)OCC)C1CCc1ccccc1.